The molecule has 1 saturated carbocycles. The highest BCUT2D eigenvalue weighted by Crippen LogP contribution is 2.34. The third-order valence-corrected chi connectivity index (χ3v) is 7.52. The lowest BCUT2D eigenvalue weighted by molar-refractivity contribution is -0.119. The van der Waals surface area contributed by atoms with E-state index < -0.39 is 0 Å². The molecule has 0 unspecified atom stereocenters. The number of fused-ring (bicyclic) bond motifs is 2. The van der Waals surface area contributed by atoms with Crippen LogP contribution in [0, 0.1) is 11.7 Å². The number of aromatic amines is 2. The van der Waals surface area contributed by atoms with Crippen LogP contribution in [0.4, 0.5) is 10.1 Å². The van der Waals surface area contributed by atoms with Gasteiger partial charge in [-0.25, -0.2) is 9.37 Å². The van der Waals surface area contributed by atoms with Crippen LogP contribution in [0.25, 0.3) is 55.7 Å². The van der Waals surface area contributed by atoms with Crippen molar-refractivity contribution >= 4 is 33.5 Å². The molecule has 1 aliphatic rings. The summed E-state index contributed by atoms with van der Waals surface area (Å²) >= 11 is 0. The van der Waals surface area contributed by atoms with Crippen molar-refractivity contribution in [2.45, 2.75) is 25.7 Å². The molecule has 7 rings (SSSR count). The molecule has 0 spiro atoms. The molecule has 7 nitrogen and oxygen atoms in total. The molecule has 1 aliphatic carbocycles. The van der Waals surface area contributed by atoms with E-state index in [9.17, 15) is 9.18 Å². The summed E-state index contributed by atoms with van der Waals surface area (Å²) in [6, 6.07) is 20.3. The molecule has 39 heavy (non-hydrogen) atoms. The van der Waals surface area contributed by atoms with Gasteiger partial charge in [0.25, 0.3) is 0 Å². The average Bonchev–Trinajstić information content (AvgIpc) is 3.73. The topological polar surface area (TPSA) is 99.3 Å². The summed E-state index contributed by atoms with van der Waals surface area (Å²) < 4.78 is 13.5. The molecular formula is C31H25FN6O. The normalized spacial score (nSPS) is 13.9. The van der Waals surface area contributed by atoms with Gasteiger partial charge in [0.15, 0.2) is 5.82 Å². The quantitative estimate of drug-likeness (QED) is 0.227. The Bertz CT molecular complexity index is 1830. The molecule has 3 aromatic carbocycles. The van der Waals surface area contributed by atoms with E-state index in [0.29, 0.717) is 17.2 Å². The van der Waals surface area contributed by atoms with Gasteiger partial charge < -0.3 is 10.3 Å². The van der Waals surface area contributed by atoms with Gasteiger partial charge in [0.2, 0.25) is 5.91 Å². The highest BCUT2D eigenvalue weighted by Gasteiger charge is 2.23. The van der Waals surface area contributed by atoms with E-state index in [-0.39, 0.29) is 17.6 Å². The number of carbonyl (C=O) groups excluding carboxylic acids is 1. The Balaban J connectivity index is 1.24. The maximum Gasteiger partial charge on any atom is 0.227 e. The predicted octanol–water partition coefficient (Wildman–Crippen LogP) is 7.10. The molecule has 3 aromatic heterocycles. The smallest absolute Gasteiger partial charge is 0.227 e. The molecular weight excluding hydrogens is 491 g/mol. The first kappa shape index (κ1) is 23.3. The molecule has 8 heteroatoms. The minimum atomic E-state index is -0.274. The van der Waals surface area contributed by atoms with Crippen molar-refractivity contribution in [3.8, 4) is 33.8 Å². The van der Waals surface area contributed by atoms with Crippen LogP contribution in [0.2, 0.25) is 0 Å². The molecule has 0 bridgehead atoms. The Hall–Kier alpha value is -4.85. The summed E-state index contributed by atoms with van der Waals surface area (Å²) in [5.41, 5.74) is 7.60. The first-order valence-corrected chi connectivity index (χ1v) is 13.1. The number of aromatic nitrogens is 5. The minimum absolute atomic E-state index is 0.0731. The van der Waals surface area contributed by atoms with Crippen LogP contribution >= 0.6 is 0 Å². The third-order valence-electron chi connectivity index (χ3n) is 7.52. The van der Waals surface area contributed by atoms with Crippen LogP contribution in [-0.4, -0.2) is 31.1 Å². The van der Waals surface area contributed by atoms with E-state index in [2.05, 4.69) is 31.5 Å². The summed E-state index contributed by atoms with van der Waals surface area (Å²) in [6.45, 7) is 0. The maximum absolute atomic E-state index is 13.5. The number of nitrogens with one attached hydrogen (secondary N) is 3. The molecule has 192 valence electrons. The van der Waals surface area contributed by atoms with Gasteiger partial charge >= 0.3 is 0 Å². The van der Waals surface area contributed by atoms with Gasteiger partial charge in [0.05, 0.1) is 28.4 Å². The lowest BCUT2D eigenvalue weighted by Gasteiger charge is -2.11. The molecule has 1 fully saturated rings. The molecule has 0 saturated heterocycles. The van der Waals surface area contributed by atoms with Crippen LogP contribution in [0.5, 0.6) is 0 Å². The van der Waals surface area contributed by atoms with Gasteiger partial charge in [-0.1, -0.05) is 43.2 Å². The maximum atomic E-state index is 13.5. The number of benzene rings is 3. The number of amides is 1. The fourth-order valence-corrected chi connectivity index (χ4v) is 5.48. The zero-order valence-corrected chi connectivity index (χ0v) is 21.0. The number of pyridine rings is 1. The number of hydrogen-bond acceptors (Lipinski definition) is 4. The Morgan fingerprint density at radius 3 is 2.56 bits per heavy atom. The van der Waals surface area contributed by atoms with Crippen molar-refractivity contribution in [1.82, 2.24) is 25.1 Å². The zero-order chi connectivity index (χ0) is 26.3. The van der Waals surface area contributed by atoms with Crippen LogP contribution in [-0.2, 0) is 4.79 Å². The van der Waals surface area contributed by atoms with E-state index in [4.69, 9.17) is 4.98 Å². The second-order valence-corrected chi connectivity index (χ2v) is 10.1. The number of anilines is 1. The highest BCUT2D eigenvalue weighted by molar-refractivity contribution is 5.99. The standard InChI is InChI=1S/C31H25FN6O/c32-22-11-8-18(9-12-22)24-6-3-7-27-28(24)36-30(35-27)29-25-15-20(10-13-26(25)37-38-29)21-14-23(17-33-16-21)34-31(39)19-4-1-2-5-19/h3,6-17,19H,1-2,4-5H2,(H,34,39)(H,35,36)(H,37,38). The van der Waals surface area contributed by atoms with Gasteiger partial charge in [-0.05, 0) is 60.4 Å². The van der Waals surface area contributed by atoms with Crippen molar-refractivity contribution in [1.29, 1.82) is 0 Å². The van der Waals surface area contributed by atoms with Gasteiger partial charge in [0.1, 0.15) is 11.5 Å². The van der Waals surface area contributed by atoms with E-state index in [1.54, 1.807) is 24.5 Å². The number of rotatable bonds is 5. The summed E-state index contributed by atoms with van der Waals surface area (Å²) in [4.78, 5) is 25.3. The van der Waals surface area contributed by atoms with Crippen molar-refractivity contribution in [2.24, 2.45) is 5.92 Å². The zero-order valence-electron chi connectivity index (χ0n) is 21.0. The lowest BCUT2D eigenvalue weighted by atomic mass is 10.0. The number of para-hydroxylation sites is 1. The largest absolute Gasteiger partial charge is 0.337 e. The number of H-pyrrole nitrogens is 2. The second-order valence-electron chi connectivity index (χ2n) is 10.1. The number of imidazole rings is 1. The summed E-state index contributed by atoms with van der Waals surface area (Å²) in [6.07, 6.45) is 7.61. The van der Waals surface area contributed by atoms with Crippen LogP contribution in [0.1, 0.15) is 25.7 Å². The minimum Gasteiger partial charge on any atom is -0.337 e. The van der Waals surface area contributed by atoms with E-state index >= 15 is 0 Å². The Morgan fingerprint density at radius 2 is 1.72 bits per heavy atom. The third kappa shape index (κ3) is 4.33. The first-order chi connectivity index (χ1) is 19.1. The molecule has 3 heterocycles. The Morgan fingerprint density at radius 1 is 0.897 bits per heavy atom. The van der Waals surface area contributed by atoms with E-state index in [1.807, 2.05) is 36.4 Å². The van der Waals surface area contributed by atoms with Crippen LogP contribution < -0.4 is 5.32 Å². The highest BCUT2D eigenvalue weighted by atomic mass is 19.1. The fraction of sp³-hybridized carbons (Fsp3) is 0.161. The Kier molecular flexibility index (Phi) is 5.65. The predicted molar refractivity (Wildman–Crippen MR) is 150 cm³/mol. The first-order valence-electron chi connectivity index (χ1n) is 13.1. The van der Waals surface area contributed by atoms with Gasteiger partial charge in [-0.3, -0.25) is 14.9 Å². The van der Waals surface area contributed by atoms with Crippen molar-refractivity contribution in [2.75, 3.05) is 5.32 Å². The second kappa shape index (κ2) is 9.47. The van der Waals surface area contributed by atoms with Crippen LogP contribution in [0.15, 0.2) is 79.1 Å². The average molecular weight is 517 g/mol. The summed E-state index contributed by atoms with van der Waals surface area (Å²) in [5, 5.41) is 11.6. The monoisotopic (exact) mass is 516 g/mol. The van der Waals surface area contributed by atoms with Crippen molar-refractivity contribution < 1.29 is 9.18 Å². The van der Waals surface area contributed by atoms with Gasteiger partial charge in [-0.2, -0.15) is 5.10 Å². The van der Waals surface area contributed by atoms with Gasteiger partial charge in [-0.15, -0.1) is 0 Å². The summed E-state index contributed by atoms with van der Waals surface area (Å²) in [5.74, 6) is 0.526. The van der Waals surface area contributed by atoms with Crippen molar-refractivity contribution in [3.05, 3.63) is 84.9 Å². The molecule has 3 N–H and O–H groups in total. The SMILES string of the molecule is O=C(Nc1cncc(-c2ccc3[nH]nc(-c4nc5c(-c6ccc(F)cc6)cccc5[nH]4)c3c2)c1)C1CCCC1. The lowest BCUT2D eigenvalue weighted by Crippen LogP contribution is -2.20. The molecule has 6 aromatic rings. The van der Waals surface area contributed by atoms with E-state index in [0.717, 1.165) is 69.9 Å². The number of nitrogens with zero attached hydrogens (tertiary/aromatic N) is 3. The number of halogens is 1. The molecule has 0 atom stereocenters. The number of hydrogen-bond donors (Lipinski definition) is 3. The number of carbonyl (C=O) groups is 1. The van der Waals surface area contributed by atoms with E-state index in [1.165, 1.54) is 12.1 Å². The van der Waals surface area contributed by atoms with Crippen LogP contribution in [0.3, 0.4) is 0 Å². The van der Waals surface area contributed by atoms with Gasteiger partial charge in [0, 0.05) is 28.6 Å². The molecule has 1 amide bonds. The molecule has 0 radical (unpaired) electrons. The van der Waals surface area contributed by atoms with Crippen molar-refractivity contribution in [3.63, 3.8) is 0 Å². The Labute approximate surface area is 223 Å². The fourth-order valence-electron chi connectivity index (χ4n) is 5.48. The summed E-state index contributed by atoms with van der Waals surface area (Å²) in [7, 11) is 0. The molecule has 0 aliphatic heterocycles.